The van der Waals surface area contributed by atoms with Gasteiger partial charge >= 0.3 is 0 Å². The van der Waals surface area contributed by atoms with Crippen LogP contribution in [0.15, 0.2) is 0 Å². The number of rotatable bonds is 1. The van der Waals surface area contributed by atoms with Crippen LogP contribution in [0.5, 0.6) is 0 Å². The van der Waals surface area contributed by atoms with E-state index in [0.29, 0.717) is 5.92 Å². The van der Waals surface area contributed by atoms with Gasteiger partial charge in [0.05, 0.1) is 0 Å². The first-order chi connectivity index (χ1) is 2.64. The molecular formula is C4H9IO. The Bertz CT molecular complexity index is 28.5. The Kier molecular flexibility index (Phi) is 3.12. The van der Waals surface area contributed by atoms with E-state index in [9.17, 15) is 0 Å². The highest BCUT2D eigenvalue weighted by atomic mass is 127. The first-order valence-electron chi connectivity index (χ1n) is 1.96. The second-order valence-electron chi connectivity index (χ2n) is 1.62. The number of aliphatic hydroxyl groups excluding tert-OH is 1. The molecule has 0 bridgehead atoms. The van der Waals surface area contributed by atoms with Crippen LogP contribution in [-0.2, 0) is 0 Å². The van der Waals surface area contributed by atoms with E-state index >= 15 is 0 Å². The third kappa shape index (κ3) is 2.90. The van der Waals surface area contributed by atoms with E-state index in [1.807, 2.05) is 36.4 Å². The summed E-state index contributed by atoms with van der Waals surface area (Å²) in [5, 5.41) is 8.62. The number of aliphatic hydroxyl groups is 1. The fourth-order valence-corrected chi connectivity index (χ4v) is 0. The van der Waals surface area contributed by atoms with Gasteiger partial charge in [-0.25, -0.2) is 0 Å². The highest BCUT2D eigenvalue weighted by molar-refractivity contribution is 14.1. The summed E-state index contributed by atoms with van der Waals surface area (Å²) >= 11 is 1.99. The molecule has 0 radical (unpaired) electrons. The minimum atomic E-state index is -0.178. The molecule has 38 valence electrons. The van der Waals surface area contributed by atoms with Crippen molar-refractivity contribution >= 4 is 22.6 Å². The Balaban J connectivity index is 2.99. The van der Waals surface area contributed by atoms with E-state index in [2.05, 4.69) is 0 Å². The first-order valence-corrected chi connectivity index (χ1v) is 3.21. The van der Waals surface area contributed by atoms with Gasteiger partial charge in [-0.1, -0.05) is 36.4 Å². The zero-order chi connectivity index (χ0) is 5.15. The number of hydrogen-bond acceptors (Lipinski definition) is 1. The van der Waals surface area contributed by atoms with Crippen molar-refractivity contribution in [3.8, 4) is 0 Å². The van der Waals surface area contributed by atoms with Crippen molar-refractivity contribution in [2.24, 2.45) is 5.92 Å². The molecule has 1 N–H and O–H groups in total. The lowest BCUT2D eigenvalue weighted by atomic mass is 10.2. The lowest BCUT2D eigenvalue weighted by molar-refractivity contribution is 0.228. The highest BCUT2D eigenvalue weighted by Gasteiger charge is 1.99. The van der Waals surface area contributed by atoms with Gasteiger partial charge in [0, 0.05) is 0 Å². The maximum atomic E-state index is 8.62. The van der Waals surface area contributed by atoms with Crippen molar-refractivity contribution < 1.29 is 5.11 Å². The molecule has 1 nitrogen and oxygen atoms in total. The Morgan fingerprint density at radius 1 is 1.50 bits per heavy atom. The lowest BCUT2D eigenvalue weighted by Crippen LogP contribution is -2.03. The molecule has 0 amide bonds. The van der Waals surface area contributed by atoms with Gasteiger partial charge in [0.2, 0.25) is 0 Å². The number of halogens is 1. The topological polar surface area (TPSA) is 20.2 Å². The highest BCUT2D eigenvalue weighted by Crippen LogP contribution is 2.06. The third-order valence-corrected chi connectivity index (χ3v) is 1.99. The lowest BCUT2D eigenvalue weighted by Gasteiger charge is -2.02. The SMILES string of the molecule is CC(C)C(O)I. The van der Waals surface area contributed by atoms with Crippen molar-refractivity contribution in [2.45, 2.75) is 18.0 Å². The van der Waals surface area contributed by atoms with Gasteiger partial charge in [0.15, 0.2) is 0 Å². The van der Waals surface area contributed by atoms with E-state index in [0.717, 1.165) is 0 Å². The molecule has 0 aromatic carbocycles. The van der Waals surface area contributed by atoms with Crippen LogP contribution in [0.3, 0.4) is 0 Å². The van der Waals surface area contributed by atoms with E-state index in [4.69, 9.17) is 5.11 Å². The molecule has 0 aliphatic heterocycles. The molecule has 0 aliphatic rings. The molecule has 0 saturated carbocycles. The summed E-state index contributed by atoms with van der Waals surface area (Å²) in [4.78, 5) is 0. The molecule has 1 atom stereocenters. The van der Waals surface area contributed by atoms with Crippen molar-refractivity contribution in [2.75, 3.05) is 0 Å². The summed E-state index contributed by atoms with van der Waals surface area (Å²) in [7, 11) is 0. The molecule has 0 aromatic rings. The zero-order valence-electron chi connectivity index (χ0n) is 3.98. The largest absolute Gasteiger partial charge is 0.382 e. The van der Waals surface area contributed by atoms with Gasteiger partial charge in [-0.2, -0.15) is 0 Å². The summed E-state index contributed by atoms with van der Waals surface area (Å²) in [5.74, 6) is 0.394. The minimum absolute atomic E-state index is 0.178. The molecular weight excluding hydrogens is 191 g/mol. The average molecular weight is 200 g/mol. The Morgan fingerprint density at radius 2 is 1.67 bits per heavy atom. The van der Waals surface area contributed by atoms with Crippen LogP contribution in [0.4, 0.5) is 0 Å². The molecule has 0 heterocycles. The quantitative estimate of drug-likeness (QED) is 0.501. The maximum Gasteiger partial charge on any atom is 0.107 e. The molecule has 1 unspecified atom stereocenters. The zero-order valence-corrected chi connectivity index (χ0v) is 6.14. The first kappa shape index (κ1) is 6.69. The average Bonchev–Trinajstić information content (AvgIpc) is 1.36. The summed E-state index contributed by atoms with van der Waals surface area (Å²) < 4.78 is -0.178. The van der Waals surface area contributed by atoms with Crippen LogP contribution in [0.2, 0.25) is 0 Å². The third-order valence-electron chi connectivity index (χ3n) is 0.550. The molecule has 0 fully saturated rings. The summed E-state index contributed by atoms with van der Waals surface area (Å²) in [5.41, 5.74) is 0. The summed E-state index contributed by atoms with van der Waals surface area (Å²) in [6, 6.07) is 0. The Labute approximate surface area is 51.9 Å². The molecule has 2 heteroatoms. The maximum absolute atomic E-state index is 8.62. The second-order valence-corrected chi connectivity index (χ2v) is 2.89. The van der Waals surface area contributed by atoms with E-state index in [1.165, 1.54) is 0 Å². The molecule has 0 rings (SSSR count). The molecule has 0 aromatic heterocycles. The van der Waals surface area contributed by atoms with Crippen molar-refractivity contribution in [3.05, 3.63) is 0 Å². The molecule has 0 saturated heterocycles. The predicted molar refractivity (Wildman–Crippen MR) is 34.9 cm³/mol. The summed E-state index contributed by atoms with van der Waals surface area (Å²) in [6.45, 7) is 3.97. The van der Waals surface area contributed by atoms with Crippen molar-refractivity contribution in [1.82, 2.24) is 0 Å². The smallest absolute Gasteiger partial charge is 0.107 e. The van der Waals surface area contributed by atoms with Gasteiger partial charge < -0.3 is 5.11 Å². The van der Waals surface area contributed by atoms with Crippen molar-refractivity contribution in [3.63, 3.8) is 0 Å². The molecule has 0 aliphatic carbocycles. The van der Waals surface area contributed by atoms with Gasteiger partial charge in [0.1, 0.15) is 4.11 Å². The van der Waals surface area contributed by atoms with E-state index < -0.39 is 0 Å². The van der Waals surface area contributed by atoms with Crippen LogP contribution in [0.1, 0.15) is 13.8 Å². The van der Waals surface area contributed by atoms with Crippen LogP contribution >= 0.6 is 22.6 Å². The number of hydrogen-bond donors (Lipinski definition) is 1. The van der Waals surface area contributed by atoms with Gasteiger partial charge in [-0.3, -0.25) is 0 Å². The van der Waals surface area contributed by atoms with Crippen LogP contribution in [0.25, 0.3) is 0 Å². The molecule has 6 heavy (non-hydrogen) atoms. The number of alkyl halides is 1. The fraction of sp³-hybridized carbons (Fsp3) is 1.00. The van der Waals surface area contributed by atoms with Crippen LogP contribution in [0, 0.1) is 5.92 Å². The second kappa shape index (κ2) is 2.80. The van der Waals surface area contributed by atoms with E-state index in [1.54, 1.807) is 0 Å². The van der Waals surface area contributed by atoms with Gasteiger partial charge in [-0.05, 0) is 5.92 Å². The van der Waals surface area contributed by atoms with Gasteiger partial charge in [0.25, 0.3) is 0 Å². The fourth-order valence-electron chi connectivity index (χ4n) is 0. The van der Waals surface area contributed by atoms with Crippen molar-refractivity contribution in [1.29, 1.82) is 0 Å². The summed E-state index contributed by atoms with van der Waals surface area (Å²) in [6.07, 6.45) is 0. The minimum Gasteiger partial charge on any atom is -0.382 e. The Hall–Kier alpha value is 0.690. The van der Waals surface area contributed by atoms with Gasteiger partial charge in [-0.15, -0.1) is 0 Å². The van der Waals surface area contributed by atoms with Crippen LogP contribution in [-0.4, -0.2) is 9.22 Å². The normalized spacial score (nSPS) is 15.5. The monoisotopic (exact) mass is 200 g/mol. The molecule has 0 spiro atoms. The Morgan fingerprint density at radius 3 is 1.67 bits per heavy atom. The van der Waals surface area contributed by atoms with E-state index in [-0.39, 0.29) is 4.11 Å². The standard InChI is InChI=1S/C4H9IO/c1-3(2)4(5)6/h3-4,6H,1-2H3. The van der Waals surface area contributed by atoms with Crippen LogP contribution < -0.4 is 0 Å². The predicted octanol–water partition coefficient (Wildman–Crippen LogP) is 1.40.